The van der Waals surface area contributed by atoms with Gasteiger partial charge in [-0.1, -0.05) is 17.7 Å². The third kappa shape index (κ3) is 5.25. The molecule has 0 saturated heterocycles. The number of hydrogen-bond acceptors (Lipinski definition) is 5. The van der Waals surface area contributed by atoms with Crippen molar-refractivity contribution in [3.63, 3.8) is 0 Å². The Morgan fingerprint density at radius 1 is 1.00 bits per heavy atom. The number of hydrazine groups is 2. The predicted octanol–water partition coefficient (Wildman–Crippen LogP) is -0.439. The number of nitrogens with two attached hydrogens (primary N) is 2. The molecule has 110 valence electrons. The maximum atomic E-state index is 11.2. The molecule has 0 bridgehead atoms. The fraction of sp³-hybridized carbons (Fsp3) is 0.385. The quantitative estimate of drug-likeness (QED) is 0.307. The number of benzene rings is 1. The predicted molar refractivity (Wildman–Crippen MR) is 77.3 cm³/mol. The van der Waals surface area contributed by atoms with E-state index < -0.39 is 0 Å². The Hall–Kier alpha value is -2.12. The topological polar surface area (TPSA) is 113 Å². The van der Waals surface area contributed by atoms with Gasteiger partial charge < -0.3 is 4.90 Å². The average Bonchev–Trinajstić information content (AvgIpc) is 2.47. The van der Waals surface area contributed by atoms with Crippen LogP contribution in [0.15, 0.2) is 24.3 Å². The molecule has 20 heavy (non-hydrogen) atoms. The molecular weight excluding hydrogens is 258 g/mol. The molecule has 0 unspecified atom stereocenters. The number of nitrogens with one attached hydrogen (secondary N) is 2. The van der Waals surface area contributed by atoms with Crippen molar-refractivity contribution in [2.24, 2.45) is 11.7 Å². The second-order valence-corrected chi connectivity index (χ2v) is 4.46. The van der Waals surface area contributed by atoms with Gasteiger partial charge in [0.2, 0.25) is 11.8 Å². The molecule has 1 aromatic rings. The molecule has 7 nitrogen and oxygen atoms in total. The number of carbonyl (C=O) groups is 2. The molecule has 0 aliphatic carbocycles. The van der Waals surface area contributed by atoms with E-state index in [9.17, 15) is 9.59 Å². The SMILES string of the molecule is Cc1ccc(N(CCC(=O)NN)CCC(=O)NN)cc1. The zero-order valence-corrected chi connectivity index (χ0v) is 11.6. The summed E-state index contributed by atoms with van der Waals surface area (Å²) in [6.45, 7) is 2.95. The Balaban J connectivity index is 2.69. The van der Waals surface area contributed by atoms with Gasteiger partial charge in [-0.3, -0.25) is 20.4 Å². The van der Waals surface area contributed by atoms with E-state index in [-0.39, 0.29) is 24.7 Å². The van der Waals surface area contributed by atoms with Gasteiger partial charge in [-0.2, -0.15) is 0 Å². The Labute approximate surface area is 118 Å². The summed E-state index contributed by atoms with van der Waals surface area (Å²) in [5.41, 5.74) is 6.28. The second-order valence-electron chi connectivity index (χ2n) is 4.46. The summed E-state index contributed by atoms with van der Waals surface area (Å²) in [7, 11) is 0. The number of amides is 2. The minimum Gasteiger partial charge on any atom is -0.370 e. The van der Waals surface area contributed by atoms with Gasteiger partial charge in [-0.25, -0.2) is 11.7 Å². The maximum absolute atomic E-state index is 11.2. The molecule has 1 aromatic carbocycles. The van der Waals surface area contributed by atoms with Crippen molar-refractivity contribution in [2.45, 2.75) is 19.8 Å². The van der Waals surface area contributed by atoms with Gasteiger partial charge in [0, 0.05) is 31.6 Å². The molecule has 0 fully saturated rings. The monoisotopic (exact) mass is 279 g/mol. The minimum absolute atomic E-state index is 0.245. The van der Waals surface area contributed by atoms with E-state index >= 15 is 0 Å². The lowest BCUT2D eigenvalue weighted by Crippen LogP contribution is -2.37. The first-order valence-electron chi connectivity index (χ1n) is 6.37. The van der Waals surface area contributed by atoms with Crippen LogP contribution >= 0.6 is 0 Å². The molecule has 0 aromatic heterocycles. The highest BCUT2D eigenvalue weighted by molar-refractivity contribution is 5.77. The van der Waals surface area contributed by atoms with Gasteiger partial charge in [0.05, 0.1) is 0 Å². The number of aryl methyl sites for hydroxylation is 1. The van der Waals surface area contributed by atoms with Crippen LogP contribution < -0.4 is 27.4 Å². The lowest BCUT2D eigenvalue weighted by atomic mass is 10.2. The van der Waals surface area contributed by atoms with E-state index in [1.807, 2.05) is 36.1 Å². The van der Waals surface area contributed by atoms with Crippen LogP contribution in [0.4, 0.5) is 5.69 Å². The largest absolute Gasteiger partial charge is 0.370 e. The van der Waals surface area contributed by atoms with Gasteiger partial charge in [-0.15, -0.1) is 0 Å². The Morgan fingerprint density at radius 2 is 1.45 bits per heavy atom. The van der Waals surface area contributed by atoms with Gasteiger partial charge in [0.15, 0.2) is 0 Å². The molecule has 7 heteroatoms. The average molecular weight is 279 g/mol. The molecule has 0 saturated carbocycles. The number of rotatable bonds is 7. The first-order chi connectivity index (χ1) is 9.56. The van der Waals surface area contributed by atoms with E-state index in [4.69, 9.17) is 11.7 Å². The zero-order valence-electron chi connectivity index (χ0n) is 11.6. The number of anilines is 1. The van der Waals surface area contributed by atoms with E-state index in [2.05, 4.69) is 10.9 Å². The Bertz CT molecular complexity index is 427. The van der Waals surface area contributed by atoms with Crippen LogP contribution in [0.5, 0.6) is 0 Å². The van der Waals surface area contributed by atoms with E-state index in [1.165, 1.54) is 0 Å². The molecule has 0 spiro atoms. The number of nitrogens with zero attached hydrogens (tertiary/aromatic N) is 1. The summed E-state index contributed by atoms with van der Waals surface area (Å²) in [4.78, 5) is 24.4. The summed E-state index contributed by atoms with van der Waals surface area (Å²) in [6, 6.07) is 7.87. The summed E-state index contributed by atoms with van der Waals surface area (Å²) in [6.07, 6.45) is 0.517. The summed E-state index contributed by atoms with van der Waals surface area (Å²) >= 11 is 0. The lowest BCUT2D eigenvalue weighted by Gasteiger charge is -2.24. The van der Waals surface area contributed by atoms with E-state index in [1.54, 1.807) is 0 Å². The number of carbonyl (C=O) groups excluding carboxylic acids is 2. The third-order valence-electron chi connectivity index (χ3n) is 2.94. The highest BCUT2D eigenvalue weighted by atomic mass is 16.2. The highest BCUT2D eigenvalue weighted by Gasteiger charge is 2.10. The third-order valence-corrected chi connectivity index (χ3v) is 2.94. The van der Waals surface area contributed by atoms with Crippen molar-refractivity contribution in [1.29, 1.82) is 0 Å². The first-order valence-corrected chi connectivity index (χ1v) is 6.37. The van der Waals surface area contributed by atoms with E-state index in [0.717, 1.165) is 11.3 Å². The fourth-order valence-electron chi connectivity index (χ4n) is 1.74. The molecule has 0 heterocycles. The zero-order chi connectivity index (χ0) is 15.0. The van der Waals surface area contributed by atoms with Gasteiger partial charge in [0.25, 0.3) is 0 Å². The van der Waals surface area contributed by atoms with Crippen LogP contribution in [0, 0.1) is 6.92 Å². The van der Waals surface area contributed by atoms with Crippen LogP contribution in [0.3, 0.4) is 0 Å². The minimum atomic E-state index is -0.245. The van der Waals surface area contributed by atoms with E-state index in [0.29, 0.717) is 13.1 Å². The fourth-order valence-corrected chi connectivity index (χ4v) is 1.74. The summed E-state index contributed by atoms with van der Waals surface area (Å²) < 4.78 is 0. The molecule has 0 aliphatic rings. The molecular formula is C13H21N5O2. The van der Waals surface area contributed by atoms with Gasteiger partial charge in [0.1, 0.15) is 0 Å². The Kier molecular flexibility index (Phi) is 6.48. The van der Waals surface area contributed by atoms with Crippen LogP contribution in [0.2, 0.25) is 0 Å². The summed E-state index contributed by atoms with van der Waals surface area (Å²) in [5, 5.41) is 0. The molecule has 0 radical (unpaired) electrons. The van der Waals surface area contributed by atoms with Crippen molar-refractivity contribution in [3.8, 4) is 0 Å². The van der Waals surface area contributed by atoms with Crippen molar-refractivity contribution < 1.29 is 9.59 Å². The first kappa shape index (κ1) is 15.9. The molecule has 1 rings (SSSR count). The molecule has 2 amide bonds. The van der Waals surface area contributed by atoms with Crippen molar-refractivity contribution >= 4 is 17.5 Å². The molecule has 6 N–H and O–H groups in total. The van der Waals surface area contributed by atoms with Crippen molar-refractivity contribution in [3.05, 3.63) is 29.8 Å². The van der Waals surface area contributed by atoms with Crippen molar-refractivity contribution in [2.75, 3.05) is 18.0 Å². The highest BCUT2D eigenvalue weighted by Crippen LogP contribution is 2.15. The van der Waals surface area contributed by atoms with Crippen LogP contribution in [0.25, 0.3) is 0 Å². The Morgan fingerprint density at radius 3 is 1.85 bits per heavy atom. The van der Waals surface area contributed by atoms with Gasteiger partial charge >= 0.3 is 0 Å². The van der Waals surface area contributed by atoms with Gasteiger partial charge in [-0.05, 0) is 19.1 Å². The summed E-state index contributed by atoms with van der Waals surface area (Å²) in [5.74, 6) is 9.63. The molecule has 0 aliphatic heterocycles. The normalized spacial score (nSPS) is 9.95. The standard InChI is InChI=1S/C13H21N5O2/c1-10-2-4-11(5-3-10)18(8-6-12(19)16-14)9-7-13(20)17-15/h2-5H,6-9,14-15H2,1H3,(H,16,19)(H,17,20). The number of hydrogen-bond donors (Lipinski definition) is 4. The lowest BCUT2D eigenvalue weighted by molar-refractivity contribution is -0.121. The molecule has 0 atom stereocenters. The smallest absolute Gasteiger partial charge is 0.235 e. The van der Waals surface area contributed by atoms with Crippen LogP contribution in [0.1, 0.15) is 18.4 Å². The maximum Gasteiger partial charge on any atom is 0.235 e. The van der Waals surface area contributed by atoms with Crippen LogP contribution in [-0.4, -0.2) is 24.9 Å². The second kappa shape index (κ2) is 8.13. The van der Waals surface area contributed by atoms with Crippen molar-refractivity contribution in [1.82, 2.24) is 10.9 Å². The van der Waals surface area contributed by atoms with Crippen LogP contribution in [-0.2, 0) is 9.59 Å².